The minimum absolute atomic E-state index is 0.483. The lowest BCUT2D eigenvalue weighted by atomic mass is 9.73. The fourth-order valence-electron chi connectivity index (χ4n) is 3.11. The van der Waals surface area contributed by atoms with Gasteiger partial charge in [0.2, 0.25) is 0 Å². The van der Waals surface area contributed by atoms with Gasteiger partial charge in [0.15, 0.2) is 0 Å². The number of rotatable bonds is 5. The van der Waals surface area contributed by atoms with E-state index in [-0.39, 0.29) is 0 Å². The highest BCUT2D eigenvalue weighted by atomic mass is 14.3. The fraction of sp³-hybridized carbons (Fsp3) is 0.300. The van der Waals surface area contributed by atoms with Crippen LogP contribution in [0.25, 0.3) is 0 Å². The molecule has 0 saturated carbocycles. The number of hydrogen-bond acceptors (Lipinski definition) is 0. The Kier molecular flexibility index (Phi) is 5.17. The lowest BCUT2D eigenvalue weighted by molar-refractivity contribution is 0.416. The first-order chi connectivity index (χ1) is 9.80. The molecule has 0 bridgehead atoms. The minimum Gasteiger partial charge on any atom is -0.0991 e. The smallest absolute Gasteiger partial charge is 0.00946 e. The van der Waals surface area contributed by atoms with Gasteiger partial charge in [-0.2, -0.15) is 0 Å². The summed E-state index contributed by atoms with van der Waals surface area (Å²) in [5.41, 5.74) is 4.31. The van der Waals surface area contributed by atoms with Gasteiger partial charge in [0, 0.05) is 5.92 Å². The van der Waals surface area contributed by atoms with E-state index in [1.54, 1.807) is 6.08 Å². The van der Waals surface area contributed by atoms with Gasteiger partial charge in [0.05, 0.1) is 0 Å². The van der Waals surface area contributed by atoms with Crippen LogP contribution in [0.1, 0.15) is 36.8 Å². The van der Waals surface area contributed by atoms with Crippen LogP contribution in [0.15, 0.2) is 73.4 Å². The summed E-state index contributed by atoms with van der Waals surface area (Å²) in [6.45, 7) is 10.0. The molecule has 0 heteroatoms. The van der Waals surface area contributed by atoms with E-state index < -0.39 is 0 Å². The molecule has 1 aromatic rings. The van der Waals surface area contributed by atoms with Crippen molar-refractivity contribution in [1.82, 2.24) is 0 Å². The molecule has 0 amide bonds. The average Bonchev–Trinajstić information content (AvgIpc) is 2.50. The highest BCUT2D eigenvalue weighted by Crippen LogP contribution is 2.40. The Balaban J connectivity index is 2.38. The second-order valence-corrected chi connectivity index (χ2v) is 5.46. The van der Waals surface area contributed by atoms with Gasteiger partial charge in [-0.3, -0.25) is 0 Å². The Bertz CT molecular complexity index is 531. The quantitative estimate of drug-likeness (QED) is 0.607. The van der Waals surface area contributed by atoms with E-state index in [1.165, 1.54) is 36.0 Å². The molecule has 2 atom stereocenters. The fourth-order valence-corrected chi connectivity index (χ4v) is 3.11. The third-order valence-corrected chi connectivity index (χ3v) is 4.26. The van der Waals surface area contributed by atoms with Gasteiger partial charge >= 0.3 is 0 Å². The van der Waals surface area contributed by atoms with Crippen molar-refractivity contribution in [1.29, 1.82) is 0 Å². The summed E-state index contributed by atoms with van der Waals surface area (Å²) in [7, 11) is 0. The van der Waals surface area contributed by atoms with Gasteiger partial charge in [-0.05, 0) is 35.5 Å². The lowest BCUT2D eigenvalue weighted by Gasteiger charge is -2.32. The minimum atomic E-state index is 0.483. The molecule has 1 aromatic carbocycles. The monoisotopic (exact) mass is 264 g/mol. The molecule has 20 heavy (non-hydrogen) atoms. The second-order valence-electron chi connectivity index (χ2n) is 5.46. The van der Waals surface area contributed by atoms with Crippen LogP contribution in [0.4, 0.5) is 0 Å². The molecule has 0 aliphatic heterocycles. The lowest BCUT2D eigenvalue weighted by Crippen LogP contribution is -2.19. The number of allylic oxidation sites excluding steroid dienone is 6. The molecule has 0 heterocycles. The van der Waals surface area contributed by atoms with Crippen LogP contribution in [0, 0.1) is 5.92 Å². The molecular formula is C20H24. The van der Waals surface area contributed by atoms with Gasteiger partial charge in [0.25, 0.3) is 0 Å². The molecule has 0 saturated heterocycles. The molecule has 0 N–H and O–H groups in total. The molecule has 1 aliphatic carbocycles. The maximum Gasteiger partial charge on any atom is 0.00946 e. The van der Waals surface area contributed by atoms with Crippen molar-refractivity contribution >= 4 is 0 Å². The first kappa shape index (κ1) is 14.6. The predicted octanol–water partition coefficient (Wildman–Crippen LogP) is 5.60. The van der Waals surface area contributed by atoms with Crippen LogP contribution in [0.2, 0.25) is 0 Å². The Morgan fingerprint density at radius 2 is 2.05 bits per heavy atom. The molecule has 104 valence electrons. The summed E-state index contributed by atoms with van der Waals surface area (Å²) in [6, 6.07) is 8.87. The van der Waals surface area contributed by atoms with Gasteiger partial charge in [-0.25, -0.2) is 0 Å². The van der Waals surface area contributed by atoms with Crippen LogP contribution in [0.3, 0.4) is 0 Å². The van der Waals surface area contributed by atoms with Gasteiger partial charge < -0.3 is 0 Å². The molecule has 1 aliphatic rings. The van der Waals surface area contributed by atoms with Crippen molar-refractivity contribution in [2.24, 2.45) is 5.92 Å². The zero-order valence-corrected chi connectivity index (χ0v) is 12.4. The SMILES string of the molecule is C=C/C=C\C=C(/C=C)C1CC(CC)Cc2ccccc21. The second kappa shape index (κ2) is 7.09. The first-order valence-corrected chi connectivity index (χ1v) is 7.49. The zero-order valence-electron chi connectivity index (χ0n) is 12.4. The molecule has 0 radical (unpaired) electrons. The largest absolute Gasteiger partial charge is 0.0991 e. The number of benzene rings is 1. The summed E-state index contributed by atoms with van der Waals surface area (Å²) in [4.78, 5) is 0. The summed E-state index contributed by atoms with van der Waals surface area (Å²) in [5.74, 6) is 1.26. The summed E-state index contributed by atoms with van der Waals surface area (Å²) in [5, 5.41) is 0. The van der Waals surface area contributed by atoms with Crippen LogP contribution >= 0.6 is 0 Å². The van der Waals surface area contributed by atoms with Gasteiger partial charge in [0.1, 0.15) is 0 Å². The Morgan fingerprint density at radius 3 is 2.75 bits per heavy atom. The van der Waals surface area contributed by atoms with Crippen molar-refractivity contribution in [2.45, 2.75) is 32.1 Å². The van der Waals surface area contributed by atoms with Crippen molar-refractivity contribution in [3.63, 3.8) is 0 Å². The van der Waals surface area contributed by atoms with E-state index in [0.717, 1.165) is 5.92 Å². The van der Waals surface area contributed by atoms with Gasteiger partial charge in [-0.1, -0.05) is 81.1 Å². The molecule has 0 aromatic heterocycles. The van der Waals surface area contributed by atoms with Crippen molar-refractivity contribution in [3.8, 4) is 0 Å². The molecule has 2 unspecified atom stereocenters. The van der Waals surface area contributed by atoms with Crippen LogP contribution in [-0.2, 0) is 6.42 Å². The van der Waals surface area contributed by atoms with Crippen molar-refractivity contribution < 1.29 is 0 Å². The summed E-state index contributed by atoms with van der Waals surface area (Å²) in [6.07, 6.45) is 13.7. The molecule has 2 rings (SSSR count). The maximum absolute atomic E-state index is 4.01. The molecule has 0 spiro atoms. The predicted molar refractivity (Wildman–Crippen MR) is 88.9 cm³/mol. The number of hydrogen-bond donors (Lipinski definition) is 0. The molecule has 0 nitrogen and oxygen atoms in total. The van der Waals surface area contributed by atoms with Crippen LogP contribution in [0.5, 0.6) is 0 Å². The summed E-state index contributed by atoms with van der Waals surface area (Å²) >= 11 is 0. The third kappa shape index (κ3) is 3.19. The van der Waals surface area contributed by atoms with Crippen LogP contribution < -0.4 is 0 Å². The van der Waals surface area contributed by atoms with E-state index in [2.05, 4.69) is 56.5 Å². The molecule has 0 fully saturated rings. The zero-order chi connectivity index (χ0) is 14.4. The number of fused-ring (bicyclic) bond motifs is 1. The van der Waals surface area contributed by atoms with E-state index in [9.17, 15) is 0 Å². The normalized spacial score (nSPS) is 22.6. The highest BCUT2D eigenvalue weighted by Gasteiger charge is 2.26. The van der Waals surface area contributed by atoms with E-state index >= 15 is 0 Å². The van der Waals surface area contributed by atoms with Crippen LogP contribution in [-0.4, -0.2) is 0 Å². The topological polar surface area (TPSA) is 0 Å². The Hall–Kier alpha value is -1.82. The Labute approximate surface area is 123 Å². The summed E-state index contributed by atoms with van der Waals surface area (Å²) < 4.78 is 0. The molecular weight excluding hydrogens is 240 g/mol. The van der Waals surface area contributed by atoms with Crippen molar-refractivity contribution in [3.05, 3.63) is 84.5 Å². The van der Waals surface area contributed by atoms with E-state index in [0.29, 0.717) is 5.92 Å². The standard InChI is InChI=1S/C20H24/c1-4-7-8-11-17(6-3)20-15-16(5-2)14-18-12-9-10-13-19(18)20/h4,6-13,16,20H,1,3,5,14-15H2,2H3/b8-7-,17-11+. The Morgan fingerprint density at radius 1 is 1.25 bits per heavy atom. The van der Waals surface area contributed by atoms with Crippen molar-refractivity contribution in [2.75, 3.05) is 0 Å². The maximum atomic E-state index is 4.01. The van der Waals surface area contributed by atoms with E-state index in [4.69, 9.17) is 0 Å². The average molecular weight is 264 g/mol. The highest BCUT2D eigenvalue weighted by molar-refractivity contribution is 5.42. The van der Waals surface area contributed by atoms with Gasteiger partial charge in [-0.15, -0.1) is 0 Å². The first-order valence-electron chi connectivity index (χ1n) is 7.49. The third-order valence-electron chi connectivity index (χ3n) is 4.26. The van der Waals surface area contributed by atoms with E-state index in [1.807, 2.05) is 12.2 Å².